The molecular weight excluding hydrogens is 392 g/mol. The Labute approximate surface area is 171 Å². The number of nitrogens with zero attached hydrogens (tertiary/aromatic N) is 3. The van der Waals surface area contributed by atoms with Crippen molar-refractivity contribution >= 4 is 28.3 Å². The number of carbonyl (C=O) groups excluding carboxylic acids is 2. The highest BCUT2D eigenvalue weighted by molar-refractivity contribution is 7.13. The summed E-state index contributed by atoms with van der Waals surface area (Å²) >= 11 is 1.31. The maximum atomic E-state index is 13.4. The Balaban J connectivity index is 1.56. The van der Waals surface area contributed by atoms with Crippen LogP contribution in [0.1, 0.15) is 31.0 Å². The van der Waals surface area contributed by atoms with E-state index in [4.69, 9.17) is 0 Å². The molecule has 2 N–H and O–H groups in total. The topological polar surface area (TPSA) is 105 Å². The fraction of sp³-hybridized carbons (Fsp3) is 0.500. The largest absolute Gasteiger partial charge is 0.396 e. The number of fused-ring (bicyclic) bond motifs is 3. The molecule has 2 amide bonds. The summed E-state index contributed by atoms with van der Waals surface area (Å²) in [6, 6.07) is 3.89. The summed E-state index contributed by atoms with van der Waals surface area (Å²) in [5.74, 6) is -1.08. The third kappa shape index (κ3) is 2.83. The number of aromatic nitrogens is 2. The fourth-order valence-electron chi connectivity index (χ4n) is 5.01. The van der Waals surface area contributed by atoms with E-state index in [-0.39, 0.29) is 41.9 Å². The standard InChI is InChI=1S/C20H22N4O4S/c25-10-13-12-9-23-14(5-2-6-15(23)26)16(12)24(19(28)11-3-1-4-11)17(13)18(27)22-20-21-7-8-29-20/h2,5-8,11-13,16-17,25H,1,3-4,9-10H2,(H,21,22,27)/t12-,13-,16+,17-/m0/s1. The smallest absolute Gasteiger partial charge is 0.250 e. The third-order valence-corrected chi connectivity index (χ3v) is 7.28. The number of pyridine rings is 1. The van der Waals surface area contributed by atoms with E-state index in [9.17, 15) is 19.5 Å². The second-order valence-electron chi connectivity index (χ2n) is 8.00. The molecule has 0 bridgehead atoms. The fourth-order valence-corrected chi connectivity index (χ4v) is 5.54. The SMILES string of the molecule is O=C(Nc1nccs1)[C@@H]1[C@@H](CO)[C@@H]2Cn3c(cccc3=O)[C@@H]2N1C(=O)C1CCC1. The van der Waals surface area contributed by atoms with Crippen LogP contribution in [0.5, 0.6) is 0 Å². The zero-order chi connectivity index (χ0) is 20.1. The number of hydrogen-bond acceptors (Lipinski definition) is 6. The van der Waals surface area contributed by atoms with Crippen molar-refractivity contribution < 1.29 is 14.7 Å². The maximum Gasteiger partial charge on any atom is 0.250 e. The van der Waals surface area contributed by atoms with E-state index in [1.54, 1.807) is 27.1 Å². The Kier molecular flexibility index (Phi) is 4.51. The monoisotopic (exact) mass is 414 g/mol. The maximum absolute atomic E-state index is 13.4. The number of thiazole rings is 1. The quantitative estimate of drug-likeness (QED) is 0.783. The number of rotatable bonds is 4. The highest BCUT2D eigenvalue weighted by Crippen LogP contribution is 2.50. The van der Waals surface area contributed by atoms with Crippen LogP contribution in [-0.2, 0) is 16.1 Å². The van der Waals surface area contributed by atoms with Gasteiger partial charge in [0.25, 0.3) is 5.56 Å². The van der Waals surface area contributed by atoms with Crippen molar-refractivity contribution in [1.82, 2.24) is 14.5 Å². The Hall–Kier alpha value is -2.52. The number of nitrogens with one attached hydrogen (secondary N) is 1. The molecule has 152 valence electrons. The van der Waals surface area contributed by atoms with Crippen molar-refractivity contribution in [2.24, 2.45) is 17.8 Å². The first-order chi connectivity index (χ1) is 14.1. The molecule has 4 atom stereocenters. The molecular formula is C20H22N4O4S. The first-order valence-corrected chi connectivity index (χ1v) is 10.8. The molecule has 1 saturated carbocycles. The summed E-state index contributed by atoms with van der Waals surface area (Å²) in [4.78, 5) is 44.7. The number of amides is 2. The van der Waals surface area contributed by atoms with Crippen LogP contribution in [0.25, 0.3) is 0 Å². The van der Waals surface area contributed by atoms with Gasteiger partial charge in [0.1, 0.15) is 6.04 Å². The predicted molar refractivity (Wildman–Crippen MR) is 106 cm³/mol. The number of likely N-dealkylation sites (tertiary alicyclic amines) is 1. The van der Waals surface area contributed by atoms with E-state index < -0.39 is 12.0 Å². The van der Waals surface area contributed by atoms with Gasteiger partial charge in [-0.25, -0.2) is 4.98 Å². The molecule has 8 nitrogen and oxygen atoms in total. The van der Waals surface area contributed by atoms with E-state index in [1.807, 2.05) is 6.07 Å². The number of carbonyl (C=O) groups is 2. The van der Waals surface area contributed by atoms with Gasteiger partial charge in [0, 0.05) is 54.2 Å². The predicted octanol–water partition coefficient (Wildman–Crippen LogP) is 1.23. The van der Waals surface area contributed by atoms with Crippen molar-refractivity contribution in [3.05, 3.63) is 45.8 Å². The van der Waals surface area contributed by atoms with Gasteiger partial charge in [-0.05, 0) is 18.9 Å². The molecule has 2 aliphatic heterocycles. The lowest BCUT2D eigenvalue weighted by atomic mass is 9.84. The number of aliphatic hydroxyl groups excluding tert-OH is 1. The van der Waals surface area contributed by atoms with Gasteiger partial charge in [-0.1, -0.05) is 12.5 Å². The minimum absolute atomic E-state index is 0.0498. The lowest BCUT2D eigenvalue weighted by Crippen LogP contribution is -2.50. The van der Waals surface area contributed by atoms with E-state index in [1.165, 1.54) is 17.4 Å². The van der Waals surface area contributed by atoms with Gasteiger partial charge >= 0.3 is 0 Å². The van der Waals surface area contributed by atoms with Crippen LogP contribution < -0.4 is 10.9 Å². The molecule has 0 unspecified atom stereocenters. The van der Waals surface area contributed by atoms with Crippen LogP contribution in [0, 0.1) is 17.8 Å². The van der Waals surface area contributed by atoms with Crippen LogP contribution in [0.4, 0.5) is 5.13 Å². The normalized spacial score (nSPS) is 28.0. The first kappa shape index (κ1) is 18.5. The summed E-state index contributed by atoms with van der Waals surface area (Å²) in [6.45, 7) is 0.175. The molecule has 1 aliphatic carbocycles. The summed E-state index contributed by atoms with van der Waals surface area (Å²) in [6.07, 6.45) is 4.25. The molecule has 0 aromatic carbocycles. The van der Waals surface area contributed by atoms with Crippen molar-refractivity contribution in [2.75, 3.05) is 11.9 Å². The van der Waals surface area contributed by atoms with E-state index >= 15 is 0 Å². The summed E-state index contributed by atoms with van der Waals surface area (Å²) in [5.41, 5.74) is 0.631. The Bertz CT molecular complexity index is 1000. The third-order valence-electron chi connectivity index (χ3n) is 6.59. The minimum atomic E-state index is -0.781. The Morgan fingerprint density at radius 2 is 2.14 bits per heavy atom. The number of hydrogen-bond donors (Lipinski definition) is 2. The minimum Gasteiger partial charge on any atom is -0.396 e. The zero-order valence-corrected chi connectivity index (χ0v) is 16.5. The molecule has 29 heavy (non-hydrogen) atoms. The molecule has 2 aromatic rings. The first-order valence-electron chi connectivity index (χ1n) is 9.93. The number of anilines is 1. The van der Waals surface area contributed by atoms with Gasteiger partial charge in [0.2, 0.25) is 11.8 Å². The van der Waals surface area contributed by atoms with Gasteiger partial charge in [0.05, 0.1) is 6.04 Å². The second-order valence-corrected chi connectivity index (χ2v) is 8.89. The molecule has 0 radical (unpaired) electrons. The van der Waals surface area contributed by atoms with Crippen LogP contribution in [0.2, 0.25) is 0 Å². The van der Waals surface area contributed by atoms with E-state index in [0.29, 0.717) is 11.7 Å². The zero-order valence-electron chi connectivity index (χ0n) is 15.7. The second kappa shape index (κ2) is 7.07. The molecule has 4 heterocycles. The van der Waals surface area contributed by atoms with Crippen LogP contribution in [0.15, 0.2) is 34.6 Å². The van der Waals surface area contributed by atoms with Crippen LogP contribution >= 0.6 is 11.3 Å². The van der Waals surface area contributed by atoms with Crippen LogP contribution in [-0.4, -0.2) is 44.0 Å². The summed E-state index contributed by atoms with van der Waals surface area (Å²) in [5, 5.41) is 15.2. The molecule has 1 saturated heterocycles. The molecule has 2 aromatic heterocycles. The Morgan fingerprint density at radius 1 is 1.31 bits per heavy atom. The van der Waals surface area contributed by atoms with Gasteiger partial charge in [0.15, 0.2) is 5.13 Å². The van der Waals surface area contributed by atoms with Gasteiger partial charge < -0.3 is 19.9 Å². The lowest BCUT2D eigenvalue weighted by molar-refractivity contribution is -0.145. The average molecular weight is 414 g/mol. The Morgan fingerprint density at radius 3 is 2.79 bits per heavy atom. The highest BCUT2D eigenvalue weighted by atomic mass is 32.1. The van der Waals surface area contributed by atoms with Crippen molar-refractivity contribution in [3.8, 4) is 0 Å². The number of aliphatic hydroxyl groups is 1. The van der Waals surface area contributed by atoms with E-state index in [0.717, 1.165) is 25.0 Å². The average Bonchev–Trinajstić information content (AvgIpc) is 3.35. The van der Waals surface area contributed by atoms with Gasteiger partial charge in [-0.2, -0.15) is 0 Å². The lowest BCUT2D eigenvalue weighted by Gasteiger charge is -2.36. The molecule has 0 spiro atoms. The van der Waals surface area contributed by atoms with E-state index in [2.05, 4.69) is 10.3 Å². The highest BCUT2D eigenvalue weighted by Gasteiger charge is 2.58. The van der Waals surface area contributed by atoms with Crippen LogP contribution in [0.3, 0.4) is 0 Å². The molecule has 9 heteroatoms. The van der Waals surface area contributed by atoms with Crippen molar-refractivity contribution in [1.29, 1.82) is 0 Å². The molecule has 5 rings (SSSR count). The van der Waals surface area contributed by atoms with Gasteiger partial charge in [-0.3, -0.25) is 14.4 Å². The molecule has 2 fully saturated rings. The van der Waals surface area contributed by atoms with Crippen molar-refractivity contribution in [2.45, 2.75) is 37.9 Å². The summed E-state index contributed by atoms with van der Waals surface area (Å²) in [7, 11) is 0. The van der Waals surface area contributed by atoms with Crippen molar-refractivity contribution in [3.63, 3.8) is 0 Å². The van der Waals surface area contributed by atoms with Gasteiger partial charge in [-0.15, -0.1) is 11.3 Å². The molecule has 3 aliphatic rings. The summed E-state index contributed by atoms with van der Waals surface area (Å²) < 4.78 is 1.67.